The van der Waals surface area contributed by atoms with Crippen LogP contribution in [0.3, 0.4) is 0 Å². The van der Waals surface area contributed by atoms with Gasteiger partial charge in [-0.3, -0.25) is 4.79 Å². The number of rotatable bonds is 6. The van der Waals surface area contributed by atoms with Gasteiger partial charge < -0.3 is 19.3 Å². The van der Waals surface area contributed by atoms with Crippen LogP contribution in [-0.4, -0.2) is 25.3 Å². The van der Waals surface area contributed by atoms with Gasteiger partial charge in [-0.05, 0) is 19.1 Å². The Labute approximate surface area is 151 Å². The number of anilines is 1. The molecule has 3 rings (SSSR count). The average molecular weight is 352 g/mol. The third-order valence-electron chi connectivity index (χ3n) is 3.92. The molecule has 2 aromatic carbocycles. The quantitative estimate of drug-likeness (QED) is 0.729. The molecule has 134 valence electrons. The van der Waals surface area contributed by atoms with Crippen molar-refractivity contribution in [3.05, 3.63) is 59.8 Å². The maximum Gasteiger partial charge on any atom is 0.230 e. The fraction of sp³-hybridized carbons (Fsp3) is 0.200. The van der Waals surface area contributed by atoms with Gasteiger partial charge >= 0.3 is 0 Å². The molecular weight excluding hydrogens is 332 g/mol. The van der Waals surface area contributed by atoms with Crippen LogP contribution in [0.5, 0.6) is 11.5 Å². The fourth-order valence-corrected chi connectivity index (χ4v) is 2.52. The Morgan fingerprint density at radius 1 is 1.08 bits per heavy atom. The highest BCUT2D eigenvalue weighted by atomic mass is 16.5. The van der Waals surface area contributed by atoms with E-state index in [9.17, 15) is 4.79 Å². The molecule has 0 bridgehead atoms. The molecule has 0 radical (unpaired) electrons. The van der Waals surface area contributed by atoms with E-state index in [1.807, 2.05) is 31.2 Å². The maximum absolute atomic E-state index is 12.4. The maximum atomic E-state index is 12.4. The van der Waals surface area contributed by atoms with E-state index in [0.29, 0.717) is 28.6 Å². The number of nitrogens with one attached hydrogen (secondary N) is 1. The Morgan fingerprint density at radius 3 is 2.54 bits per heavy atom. The Balaban J connectivity index is 1.70. The second-order valence-electron chi connectivity index (χ2n) is 5.84. The minimum atomic E-state index is -0.222. The second-order valence-corrected chi connectivity index (χ2v) is 5.84. The molecule has 1 N–H and O–H groups in total. The fourth-order valence-electron chi connectivity index (χ4n) is 2.52. The molecule has 0 saturated heterocycles. The van der Waals surface area contributed by atoms with Crippen LogP contribution in [0.25, 0.3) is 11.3 Å². The highest BCUT2D eigenvalue weighted by molar-refractivity contribution is 5.93. The van der Waals surface area contributed by atoms with Gasteiger partial charge in [0.1, 0.15) is 11.5 Å². The van der Waals surface area contributed by atoms with Crippen LogP contribution in [0.4, 0.5) is 5.69 Å². The van der Waals surface area contributed by atoms with Crippen molar-refractivity contribution in [2.45, 2.75) is 13.3 Å². The predicted molar refractivity (Wildman–Crippen MR) is 98.6 cm³/mol. The van der Waals surface area contributed by atoms with Gasteiger partial charge in [0.15, 0.2) is 5.76 Å². The highest BCUT2D eigenvalue weighted by Gasteiger charge is 2.13. The number of carbonyl (C=O) groups excluding carboxylic acids is 1. The largest absolute Gasteiger partial charge is 0.497 e. The summed E-state index contributed by atoms with van der Waals surface area (Å²) in [5, 5.41) is 6.80. The number of aryl methyl sites for hydroxylation is 1. The number of amides is 1. The van der Waals surface area contributed by atoms with E-state index in [4.69, 9.17) is 14.0 Å². The zero-order valence-corrected chi connectivity index (χ0v) is 14.9. The van der Waals surface area contributed by atoms with Crippen molar-refractivity contribution in [1.29, 1.82) is 0 Å². The summed E-state index contributed by atoms with van der Waals surface area (Å²) in [5.41, 5.74) is 3.18. The van der Waals surface area contributed by atoms with E-state index >= 15 is 0 Å². The Hall–Kier alpha value is -3.28. The van der Waals surface area contributed by atoms with E-state index in [1.165, 1.54) is 5.56 Å². The van der Waals surface area contributed by atoms with Crippen molar-refractivity contribution >= 4 is 11.6 Å². The van der Waals surface area contributed by atoms with Gasteiger partial charge in [0.25, 0.3) is 0 Å². The summed E-state index contributed by atoms with van der Waals surface area (Å²) in [6.07, 6.45) is 0.0930. The van der Waals surface area contributed by atoms with Gasteiger partial charge in [0.05, 0.1) is 32.0 Å². The van der Waals surface area contributed by atoms with E-state index in [-0.39, 0.29) is 12.3 Å². The Kier molecular flexibility index (Phi) is 5.22. The monoisotopic (exact) mass is 352 g/mol. The summed E-state index contributed by atoms with van der Waals surface area (Å²) in [7, 11) is 3.11. The molecule has 0 spiro atoms. The zero-order chi connectivity index (χ0) is 18.5. The lowest BCUT2D eigenvalue weighted by Gasteiger charge is -2.11. The van der Waals surface area contributed by atoms with Gasteiger partial charge in [-0.2, -0.15) is 0 Å². The lowest BCUT2D eigenvalue weighted by Crippen LogP contribution is -2.15. The van der Waals surface area contributed by atoms with Crippen LogP contribution in [-0.2, 0) is 11.2 Å². The van der Waals surface area contributed by atoms with Gasteiger partial charge in [0.2, 0.25) is 5.91 Å². The minimum absolute atomic E-state index is 0.0930. The molecule has 26 heavy (non-hydrogen) atoms. The number of hydrogen-bond acceptors (Lipinski definition) is 5. The lowest BCUT2D eigenvalue weighted by atomic mass is 10.1. The van der Waals surface area contributed by atoms with Crippen molar-refractivity contribution in [1.82, 2.24) is 5.16 Å². The summed E-state index contributed by atoms with van der Waals surface area (Å²) < 4.78 is 15.8. The summed E-state index contributed by atoms with van der Waals surface area (Å²) in [6, 6.07) is 14.9. The standard InChI is InChI=1S/C20H20N2O4/c1-13-4-6-14(7-5-13)19-10-15(22-26-19)11-20(23)21-17-12-16(24-2)8-9-18(17)25-3/h4-10,12H,11H2,1-3H3,(H,21,23). The van der Waals surface area contributed by atoms with Crippen LogP contribution >= 0.6 is 0 Å². The second kappa shape index (κ2) is 7.74. The number of benzene rings is 2. The van der Waals surface area contributed by atoms with Crippen LogP contribution in [0.2, 0.25) is 0 Å². The van der Waals surface area contributed by atoms with E-state index in [1.54, 1.807) is 38.5 Å². The van der Waals surface area contributed by atoms with E-state index < -0.39 is 0 Å². The van der Waals surface area contributed by atoms with Crippen molar-refractivity contribution in [2.75, 3.05) is 19.5 Å². The first-order valence-electron chi connectivity index (χ1n) is 8.13. The molecule has 1 amide bonds. The molecule has 0 unspecified atom stereocenters. The summed E-state index contributed by atoms with van der Waals surface area (Å²) >= 11 is 0. The Morgan fingerprint density at radius 2 is 1.85 bits per heavy atom. The average Bonchev–Trinajstić information content (AvgIpc) is 3.10. The summed E-state index contributed by atoms with van der Waals surface area (Å²) in [5.74, 6) is 1.59. The van der Waals surface area contributed by atoms with Gasteiger partial charge in [-0.1, -0.05) is 35.0 Å². The van der Waals surface area contributed by atoms with Gasteiger partial charge in [0, 0.05) is 17.7 Å². The van der Waals surface area contributed by atoms with Crippen molar-refractivity contribution in [3.8, 4) is 22.8 Å². The molecule has 0 fully saturated rings. The first-order chi connectivity index (χ1) is 12.6. The van der Waals surface area contributed by atoms with Crippen molar-refractivity contribution in [2.24, 2.45) is 0 Å². The van der Waals surface area contributed by atoms with Crippen LogP contribution in [0.15, 0.2) is 53.1 Å². The Bertz CT molecular complexity index is 900. The SMILES string of the molecule is COc1ccc(OC)c(NC(=O)Cc2cc(-c3ccc(C)cc3)on2)c1. The summed E-state index contributed by atoms with van der Waals surface area (Å²) in [6.45, 7) is 2.02. The number of carbonyl (C=O) groups is 1. The number of aromatic nitrogens is 1. The van der Waals surface area contributed by atoms with Gasteiger partial charge in [-0.15, -0.1) is 0 Å². The molecule has 1 aromatic heterocycles. The third kappa shape index (κ3) is 4.03. The topological polar surface area (TPSA) is 73.6 Å². The number of hydrogen-bond donors (Lipinski definition) is 1. The zero-order valence-electron chi connectivity index (χ0n) is 14.9. The van der Waals surface area contributed by atoms with E-state index in [0.717, 1.165) is 5.56 Å². The van der Waals surface area contributed by atoms with Crippen molar-refractivity contribution < 1.29 is 18.8 Å². The third-order valence-corrected chi connectivity index (χ3v) is 3.92. The molecule has 0 saturated carbocycles. The predicted octanol–water partition coefficient (Wildman–Crippen LogP) is 3.85. The lowest BCUT2D eigenvalue weighted by molar-refractivity contribution is -0.115. The smallest absolute Gasteiger partial charge is 0.230 e. The van der Waals surface area contributed by atoms with Crippen molar-refractivity contribution in [3.63, 3.8) is 0 Å². The molecule has 0 aliphatic rings. The molecule has 3 aromatic rings. The van der Waals surface area contributed by atoms with Gasteiger partial charge in [-0.25, -0.2) is 0 Å². The normalized spacial score (nSPS) is 10.4. The first-order valence-corrected chi connectivity index (χ1v) is 8.13. The number of ether oxygens (including phenoxy) is 2. The van der Waals surface area contributed by atoms with Crippen LogP contribution in [0.1, 0.15) is 11.3 Å². The molecule has 0 atom stereocenters. The molecule has 1 heterocycles. The van der Waals surface area contributed by atoms with Crippen LogP contribution in [0, 0.1) is 6.92 Å². The highest BCUT2D eigenvalue weighted by Crippen LogP contribution is 2.29. The van der Waals surface area contributed by atoms with Crippen LogP contribution < -0.4 is 14.8 Å². The number of nitrogens with zero attached hydrogens (tertiary/aromatic N) is 1. The molecule has 0 aliphatic heterocycles. The molecule has 0 aliphatic carbocycles. The molecular formula is C20H20N2O4. The van der Waals surface area contributed by atoms with E-state index in [2.05, 4.69) is 10.5 Å². The molecule has 6 nitrogen and oxygen atoms in total. The first kappa shape index (κ1) is 17.5. The number of methoxy groups -OCH3 is 2. The molecule has 6 heteroatoms. The minimum Gasteiger partial charge on any atom is -0.497 e. The summed E-state index contributed by atoms with van der Waals surface area (Å²) in [4.78, 5) is 12.4.